The van der Waals surface area contributed by atoms with E-state index in [4.69, 9.17) is 5.73 Å². The number of hydrogen-bond donors (Lipinski definition) is 2. The number of primary amides is 1. The zero-order valence-corrected chi connectivity index (χ0v) is 7.29. The minimum absolute atomic E-state index is 0.299. The van der Waals surface area contributed by atoms with Gasteiger partial charge in [-0.05, 0) is 17.5 Å². The highest BCUT2D eigenvalue weighted by molar-refractivity contribution is 5.82. The maximum atomic E-state index is 11.1. The molecule has 0 bridgehead atoms. The van der Waals surface area contributed by atoms with Crippen LogP contribution in [0.3, 0.4) is 0 Å². The average Bonchev–Trinajstić information content (AvgIpc) is 2.17. The number of hydrogen-bond acceptors (Lipinski definition) is 2. The van der Waals surface area contributed by atoms with Crippen molar-refractivity contribution in [3.63, 3.8) is 0 Å². The number of rotatable bonds is 1. The van der Waals surface area contributed by atoms with Crippen molar-refractivity contribution in [2.45, 2.75) is 12.5 Å². The van der Waals surface area contributed by atoms with Crippen LogP contribution in [0, 0.1) is 0 Å². The van der Waals surface area contributed by atoms with Crippen LogP contribution in [0.15, 0.2) is 24.3 Å². The van der Waals surface area contributed by atoms with Gasteiger partial charge in [-0.3, -0.25) is 4.79 Å². The average molecular weight is 176 g/mol. The summed E-state index contributed by atoms with van der Waals surface area (Å²) in [6.45, 7) is 0.824. The molecule has 1 heterocycles. The lowest BCUT2D eigenvalue weighted by atomic mass is 9.94. The Labute approximate surface area is 76.9 Å². The maximum Gasteiger partial charge on any atom is 0.239 e. The van der Waals surface area contributed by atoms with Gasteiger partial charge in [-0.2, -0.15) is 0 Å². The predicted octanol–water partition coefficient (Wildman–Crippen LogP) is 0.359. The van der Waals surface area contributed by atoms with Crippen LogP contribution in [0.1, 0.15) is 17.2 Å². The summed E-state index contributed by atoms with van der Waals surface area (Å²) in [6.07, 6.45) is 0.972. The van der Waals surface area contributed by atoms with Crippen molar-refractivity contribution in [3.8, 4) is 0 Å². The Morgan fingerprint density at radius 2 is 2.23 bits per heavy atom. The summed E-state index contributed by atoms with van der Waals surface area (Å²) < 4.78 is 0. The molecular formula is C10H12N2O. The highest BCUT2D eigenvalue weighted by atomic mass is 16.1. The quantitative estimate of drug-likeness (QED) is 0.649. The molecule has 0 aromatic heterocycles. The number of fused-ring (bicyclic) bond motifs is 1. The van der Waals surface area contributed by atoms with E-state index in [1.165, 1.54) is 5.56 Å². The van der Waals surface area contributed by atoms with Gasteiger partial charge in [0.25, 0.3) is 0 Å². The van der Waals surface area contributed by atoms with E-state index in [1.807, 2.05) is 24.3 Å². The van der Waals surface area contributed by atoms with E-state index < -0.39 is 0 Å². The van der Waals surface area contributed by atoms with Gasteiger partial charge in [0.05, 0.1) is 0 Å². The molecule has 1 aromatic rings. The zero-order chi connectivity index (χ0) is 9.26. The maximum absolute atomic E-state index is 11.1. The molecule has 0 fully saturated rings. The molecule has 1 amide bonds. The summed E-state index contributed by atoms with van der Waals surface area (Å²) in [6, 6.07) is 7.62. The Hall–Kier alpha value is -1.35. The molecule has 3 nitrogen and oxygen atoms in total. The minimum Gasteiger partial charge on any atom is -0.368 e. The summed E-state index contributed by atoms with van der Waals surface area (Å²) in [4.78, 5) is 11.1. The van der Waals surface area contributed by atoms with Crippen LogP contribution in [0.5, 0.6) is 0 Å². The van der Waals surface area contributed by atoms with Crippen molar-refractivity contribution in [1.82, 2.24) is 5.32 Å². The standard InChI is InChI=1S/C10H12N2O/c11-10(13)9-8-4-2-1-3-7(8)5-6-12-9/h1-4,9,12H,5-6H2,(H2,11,13)/t9-/m1/s1. The second kappa shape index (κ2) is 3.18. The molecule has 1 aromatic carbocycles. The first kappa shape index (κ1) is 8.26. The fourth-order valence-corrected chi connectivity index (χ4v) is 1.76. The third-order valence-corrected chi connectivity index (χ3v) is 2.39. The van der Waals surface area contributed by atoms with Crippen LogP contribution in [0.4, 0.5) is 0 Å². The van der Waals surface area contributed by atoms with E-state index in [9.17, 15) is 4.79 Å². The van der Waals surface area contributed by atoms with Crippen LogP contribution in [-0.2, 0) is 11.2 Å². The van der Waals surface area contributed by atoms with Crippen molar-refractivity contribution in [1.29, 1.82) is 0 Å². The Kier molecular flexibility index (Phi) is 2.02. The SMILES string of the molecule is NC(=O)[C@@H]1NCCc2ccccc21. The second-order valence-corrected chi connectivity index (χ2v) is 3.24. The van der Waals surface area contributed by atoms with Gasteiger partial charge in [0, 0.05) is 6.54 Å². The molecule has 1 atom stereocenters. The van der Waals surface area contributed by atoms with Gasteiger partial charge >= 0.3 is 0 Å². The summed E-state index contributed by atoms with van der Waals surface area (Å²) in [7, 11) is 0. The number of benzene rings is 1. The van der Waals surface area contributed by atoms with Crippen LogP contribution >= 0.6 is 0 Å². The highest BCUT2D eigenvalue weighted by Crippen LogP contribution is 2.21. The van der Waals surface area contributed by atoms with Gasteiger partial charge < -0.3 is 11.1 Å². The van der Waals surface area contributed by atoms with E-state index in [0.29, 0.717) is 0 Å². The fraction of sp³-hybridized carbons (Fsp3) is 0.300. The van der Waals surface area contributed by atoms with E-state index in [2.05, 4.69) is 5.32 Å². The Bertz CT molecular complexity index is 335. The molecule has 68 valence electrons. The lowest BCUT2D eigenvalue weighted by Gasteiger charge is -2.24. The van der Waals surface area contributed by atoms with Gasteiger partial charge in [-0.1, -0.05) is 24.3 Å². The van der Waals surface area contributed by atoms with E-state index in [-0.39, 0.29) is 11.9 Å². The number of carbonyl (C=O) groups excluding carboxylic acids is 1. The number of carbonyl (C=O) groups is 1. The van der Waals surface area contributed by atoms with Gasteiger partial charge in [0.1, 0.15) is 6.04 Å². The Morgan fingerprint density at radius 1 is 1.46 bits per heavy atom. The van der Waals surface area contributed by atoms with E-state index in [0.717, 1.165) is 18.5 Å². The minimum atomic E-state index is -0.301. The number of nitrogens with one attached hydrogen (secondary N) is 1. The van der Waals surface area contributed by atoms with Crippen LogP contribution in [-0.4, -0.2) is 12.5 Å². The molecule has 1 aliphatic rings. The number of amides is 1. The summed E-state index contributed by atoms with van der Waals surface area (Å²) >= 11 is 0. The normalized spacial score (nSPS) is 20.8. The van der Waals surface area contributed by atoms with Gasteiger partial charge in [0.2, 0.25) is 5.91 Å². The fourth-order valence-electron chi connectivity index (χ4n) is 1.76. The first-order valence-electron chi connectivity index (χ1n) is 4.39. The largest absolute Gasteiger partial charge is 0.368 e. The van der Waals surface area contributed by atoms with E-state index >= 15 is 0 Å². The highest BCUT2D eigenvalue weighted by Gasteiger charge is 2.22. The van der Waals surface area contributed by atoms with Crippen molar-refractivity contribution in [3.05, 3.63) is 35.4 Å². The van der Waals surface area contributed by atoms with Gasteiger partial charge in [-0.25, -0.2) is 0 Å². The second-order valence-electron chi connectivity index (χ2n) is 3.24. The van der Waals surface area contributed by atoms with Gasteiger partial charge in [-0.15, -0.1) is 0 Å². The molecule has 13 heavy (non-hydrogen) atoms. The van der Waals surface area contributed by atoms with Crippen molar-refractivity contribution >= 4 is 5.91 Å². The van der Waals surface area contributed by atoms with Crippen molar-refractivity contribution < 1.29 is 4.79 Å². The molecule has 1 aliphatic heterocycles. The van der Waals surface area contributed by atoms with Crippen LogP contribution in [0.25, 0.3) is 0 Å². The Balaban J connectivity index is 2.42. The molecule has 3 heteroatoms. The van der Waals surface area contributed by atoms with E-state index in [1.54, 1.807) is 0 Å². The third kappa shape index (κ3) is 1.42. The smallest absolute Gasteiger partial charge is 0.239 e. The summed E-state index contributed by atoms with van der Waals surface area (Å²) in [5, 5.41) is 3.10. The molecule has 0 unspecified atom stereocenters. The molecule has 0 spiro atoms. The third-order valence-electron chi connectivity index (χ3n) is 2.39. The predicted molar refractivity (Wildman–Crippen MR) is 50.1 cm³/mol. The summed E-state index contributed by atoms with van der Waals surface area (Å²) in [5.74, 6) is -0.299. The van der Waals surface area contributed by atoms with Crippen molar-refractivity contribution in [2.24, 2.45) is 5.73 Å². The molecule has 0 radical (unpaired) electrons. The van der Waals surface area contributed by atoms with Crippen LogP contribution in [0.2, 0.25) is 0 Å². The lowest BCUT2D eigenvalue weighted by Crippen LogP contribution is -2.38. The zero-order valence-electron chi connectivity index (χ0n) is 7.29. The van der Waals surface area contributed by atoms with Crippen molar-refractivity contribution in [2.75, 3.05) is 6.54 Å². The molecular weight excluding hydrogens is 164 g/mol. The number of nitrogens with two attached hydrogens (primary N) is 1. The van der Waals surface area contributed by atoms with Gasteiger partial charge in [0.15, 0.2) is 0 Å². The molecule has 0 saturated heterocycles. The van der Waals surface area contributed by atoms with Crippen LogP contribution < -0.4 is 11.1 Å². The Morgan fingerprint density at radius 3 is 3.00 bits per heavy atom. The molecule has 0 saturated carbocycles. The topological polar surface area (TPSA) is 55.1 Å². The lowest BCUT2D eigenvalue weighted by molar-refractivity contribution is -0.120. The first-order chi connectivity index (χ1) is 6.29. The monoisotopic (exact) mass is 176 g/mol. The molecule has 0 aliphatic carbocycles. The molecule has 3 N–H and O–H groups in total. The molecule has 2 rings (SSSR count). The first-order valence-corrected chi connectivity index (χ1v) is 4.39. The summed E-state index contributed by atoms with van der Waals surface area (Å²) in [5.41, 5.74) is 7.54.